The molecule has 0 aliphatic rings. The minimum Gasteiger partial charge on any atom is -0.497 e. The zero-order valence-electron chi connectivity index (χ0n) is 11.0. The zero-order valence-corrected chi connectivity index (χ0v) is 12.6. The van der Waals surface area contributed by atoms with Crippen LogP contribution in [0.25, 0.3) is 0 Å². The smallest absolute Gasteiger partial charge is 0.275 e. The molecule has 1 aromatic carbocycles. The lowest BCUT2D eigenvalue weighted by atomic mass is 10.3. The minimum atomic E-state index is -0.339. The lowest BCUT2D eigenvalue weighted by molar-refractivity contribution is 0.102. The molecule has 0 saturated carbocycles. The summed E-state index contributed by atoms with van der Waals surface area (Å²) in [4.78, 5) is 20.1. The van der Waals surface area contributed by atoms with E-state index in [1.54, 1.807) is 32.4 Å². The van der Waals surface area contributed by atoms with Crippen LogP contribution in [-0.4, -0.2) is 30.0 Å². The summed E-state index contributed by atoms with van der Waals surface area (Å²) in [5.74, 6) is 0.915. The molecule has 0 atom stereocenters. The van der Waals surface area contributed by atoms with Gasteiger partial charge in [-0.2, -0.15) is 0 Å². The maximum Gasteiger partial charge on any atom is 0.275 e. The van der Waals surface area contributed by atoms with Gasteiger partial charge in [-0.15, -0.1) is 0 Å². The van der Waals surface area contributed by atoms with Gasteiger partial charge in [-0.1, -0.05) is 0 Å². The molecule has 0 radical (unpaired) electrons. The molecule has 0 spiro atoms. The van der Waals surface area contributed by atoms with E-state index in [4.69, 9.17) is 4.74 Å². The predicted octanol–water partition coefficient (Wildman–Crippen LogP) is 2.54. The first kappa shape index (κ1) is 14.3. The van der Waals surface area contributed by atoms with Crippen LogP contribution in [0.2, 0.25) is 0 Å². The summed E-state index contributed by atoms with van der Waals surface area (Å²) in [5, 5.41) is 5.59. The Labute approximate surface area is 124 Å². The molecular weight excluding hydrogens is 324 g/mol. The van der Waals surface area contributed by atoms with Crippen LogP contribution in [0.5, 0.6) is 5.75 Å². The molecular formula is C13H13BrN4O2. The number of amides is 1. The fraction of sp³-hybridized carbons (Fsp3) is 0.154. The molecule has 104 valence electrons. The standard InChI is InChI=1S/C13H13BrN4O2/c1-15-12-7-16-11(6-17-12)13(19)18-10-5-8(20-2)3-4-9(10)14/h3-7H,1-2H3,(H,15,17)(H,18,19). The van der Waals surface area contributed by atoms with Gasteiger partial charge in [0.05, 0.1) is 25.2 Å². The van der Waals surface area contributed by atoms with E-state index in [9.17, 15) is 4.79 Å². The quantitative estimate of drug-likeness (QED) is 0.897. The first-order chi connectivity index (χ1) is 9.63. The molecule has 0 unspecified atom stereocenters. The first-order valence-corrected chi connectivity index (χ1v) is 6.58. The molecule has 0 fully saturated rings. The third-order valence-corrected chi connectivity index (χ3v) is 3.25. The van der Waals surface area contributed by atoms with Gasteiger partial charge in [-0.25, -0.2) is 9.97 Å². The van der Waals surface area contributed by atoms with E-state index in [2.05, 4.69) is 36.5 Å². The Morgan fingerprint density at radius 3 is 2.70 bits per heavy atom. The van der Waals surface area contributed by atoms with Crippen molar-refractivity contribution in [2.24, 2.45) is 0 Å². The maximum absolute atomic E-state index is 12.1. The van der Waals surface area contributed by atoms with Crippen LogP contribution >= 0.6 is 15.9 Å². The molecule has 0 bridgehead atoms. The van der Waals surface area contributed by atoms with Gasteiger partial charge < -0.3 is 15.4 Å². The van der Waals surface area contributed by atoms with Crippen LogP contribution in [0.15, 0.2) is 35.1 Å². The molecule has 2 rings (SSSR count). The lowest BCUT2D eigenvalue weighted by Gasteiger charge is -2.09. The number of nitrogens with zero attached hydrogens (tertiary/aromatic N) is 2. The normalized spacial score (nSPS) is 9.95. The van der Waals surface area contributed by atoms with E-state index in [0.29, 0.717) is 17.3 Å². The van der Waals surface area contributed by atoms with Crippen LogP contribution in [0.4, 0.5) is 11.5 Å². The summed E-state index contributed by atoms with van der Waals surface area (Å²) in [6, 6.07) is 5.31. The highest BCUT2D eigenvalue weighted by Crippen LogP contribution is 2.27. The number of carbonyl (C=O) groups is 1. The van der Waals surface area contributed by atoms with E-state index < -0.39 is 0 Å². The van der Waals surface area contributed by atoms with Gasteiger partial charge >= 0.3 is 0 Å². The Morgan fingerprint density at radius 1 is 1.30 bits per heavy atom. The molecule has 1 aromatic heterocycles. The molecule has 6 nitrogen and oxygen atoms in total. The Hall–Kier alpha value is -2.15. The van der Waals surface area contributed by atoms with Crippen molar-refractivity contribution in [1.29, 1.82) is 0 Å². The number of nitrogens with one attached hydrogen (secondary N) is 2. The molecule has 1 heterocycles. The van der Waals surface area contributed by atoms with E-state index in [-0.39, 0.29) is 11.6 Å². The zero-order chi connectivity index (χ0) is 14.5. The number of benzene rings is 1. The molecule has 2 N–H and O–H groups in total. The van der Waals surface area contributed by atoms with Crippen molar-refractivity contribution >= 4 is 33.3 Å². The van der Waals surface area contributed by atoms with Gasteiger partial charge in [0.25, 0.3) is 5.91 Å². The average Bonchev–Trinajstić information content (AvgIpc) is 2.49. The maximum atomic E-state index is 12.1. The molecule has 7 heteroatoms. The summed E-state index contributed by atoms with van der Waals surface area (Å²) in [7, 11) is 3.30. The Bertz CT molecular complexity index is 616. The summed E-state index contributed by atoms with van der Waals surface area (Å²) in [6.45, 7) is 0. The minimum absolute atomic E-state index is 0.235. The fourth-order valence-corrected chi connectivity index (χ4v) is 1.83. The highest BCUT2D eigenvalue weighted by Gasteiger charge is 2.11. The number of ether oxygens (including phenoxy) is 1. The van der Waals surface area contributed by atoms with E-state index >= 15 is 0 Å². The fourth-order valence-electron chi connectivity index (χ4n) is 1.49. The second-order valence-corrected chi connectivity index (χ2v) is 4.69. The number of aromatic nitrogens is 2. The molecule has 2 aromatic rings. The number of halogens is 1. The van der Waals surface area contributed by atoms with Crippen LogP contribution in [0, 0.1) is 0 Å². The highest BCUT2D eigenvalue weighted by molar-refractivity contribution is 9.10. The van der Waals surface area contributed by atoms with Crippen molar-refractivity contribution in [1.82, 2.24) is 9.97 Å². The molecule has 20 heavy (non-hydrogen) atoms. The summed E-state index contributed by atoms with van der Waals surface area (Å²) in [6.07, 6.45) is 2.91. The second-order valence-electron chi connectivity index (χ2n) is 3.84. The van der Waals surface area contributed by atoms with Gasteiger partial charge in [0, 0.05) is 17.6 Å². The number of anilines is 2. The molecule has 1 amide bonds. The van der Waals surface area contributed by atoms with Gasteiger partial charge in [-0.05, 0) is 28.1 Å². The first-order valence-electron chi connectivity index (χ1n) is 5.78. The summed E-state index contributed by atoms with van der Waals surface area (Å²) in [5.41, 5.74) is 0.840. The number of hydrogen-bond donors (Lipinski definition) is 2. The van der Waals surface area contributed by atoms with E-state index in [1.807, 2.05) is 0 Å². The topological polar surface area (TPSA) is 76.1 Å². The van der Waals surface area contributed by atoms with Gasteiger partial charge in [0.15, 0.2) is 0 Å². The number of rotatable bonds is 4. The van der Waals surface area contributed by atoms with Crippen molar-refractivity contribution in [3.05, 3.63) is 40.8 Å². The van der Waals surface area contributed by atoms with Crippen molar-refractivity contribution in [2.75, 3.05) is 24.8 Å². The van der Waals surface area contributed by atoms with Gasteiger partial charge in [-0.3, -0.25) is 4.79 Å². The second kappa shape index (κ2) is 6.33. The predicted molar refractivity (Wildman–Crippen MR) is 80.2 cm³/mol. The number of methoxy groups -OCH3 is 1. The Morgan fingerprint density at radius 2 is 2.10 bits per heavy atom. The van der Waals surface area contributed by atoms with Crippen LogP contribution < -0.4 is 15.4 Å². The van der Waals surface area contributed by atoms with Crippen molar-refractivity contribution < 1.29 is 9.53 Å². The Kier molecular flexibility index (Phi) is 4.52. The third kappa shape index (κ3) is 3.24. The highest BCUT2D eigenvalue weighted by atomic mass is 79.9. The summed E-state index contributed by atoms with van der Waals surface area (Å²) >= 11 is 3.37. The molecule has 0 aliphatic heterocycles. The van der Waals surface area contributed by atoms with Crippen LogP contribution in [0.3, 0.4) is 0 Å². The number of hydrogen-bond acceptors (Lipinski definition) is 5. The van der Waals surface area contributed by atoms with Gasteiger partial charge in [0.1, 0.15) is 17.3 Å². The van der Waals surface area contributed by atoms with Crippen molar-refractivity contribution in [3.8, 4) is 5.75 Å². The van der Waals surface area contributed by atoms with Crippen LogP contribution in [0.1, 0.15) is 10.5 Å². The Balaban J connectivity index is 2.18. The van der Waals surface area contributed by atoms with E-state index in [0.717, 1.165) is 4.47 Å². The van der Waals surface area contributed by atoms with Crippen molar-refractivity contribution in [2.45, 2.75) is 0 Å². The average molecular weight is 337 g/mol. The van der Waals surface area contributed by atoms with E-state index in [1.165, 1.54) is 12.4 Å². The monoisotopic (exact) mass is 336 g/mol. The van der Waals surface area contributed by atoms with Crippen LogP contribution in [-0.2, 0) is 0 Å². The largest absolute Gasteiger partial charge is 0.497 e. The third-order valence-electron chi connectivity index (χ3n) is 2.56. The SMILES string of the molecule is CNc1cnc(C(=O)Nc2cc(OC)ccc2Br)cn1. The molecule has 0 aliphatic carbocycles. The molecule has 0 saturated heterocycles. The van der Waals surface area contributed by atoms with Gasteiger partial charge in [0.2, 0.25) is 0 Å². The lowest BCUT2D eigenvalue weighted by Crippen LogP contribution is -2.14. The van der Waals surface area contributed by atoms with Crippen molar-refractivity contribution in [3.63, 3.8) is 0 Å². The number of carbonyl (C=O) groups excluding carboxylic acids is 1. The summed E-state index contributed by atoms with van der Waals surface area (Å²) < 4.78 is 5.88.